The summed E-state index contributed by atoms with van der Waals surface area (Å²) in [6, 6.07) is 2.07. The van der Waals surface area contributed by atoms with Gasteiger partial charge in [-0.05, 0) is 19.1 Å². The molecule has 3 heterocycles. The van der Waals surface area contributed by atoms with Gasteiger partial charge in [-0.1, -0.05) is 0 Å². The van der Waals surface area contributed by atoms with Crippen LogP contribution in [0.2, 0.25) is 0 Å². The molecule has 2 aromatic rings. The standard InChI is InChI=1S/C16H17F3N4O/c1-11-9-20-10-15(22-11)24-13-3-6-23(7-4-13)14-8-12(2-5-21-14)16(17,18)19/h2,5,8-10,13H,3-4,6-7H2,1H3. The van der Waals surface area contributed by atoms with Gasteiger partial charge in [-0.15, -0.1) is 0 Å². The number of rotatable bonds is 3. The highest BCUT2D eigenvalue weighted by molar-refractivity contribution is 5.42. The molecule has 0 radical (unpaired) electrons. The fourth-order valence-electron chi connectivity index (χ4n) is 2.64. The number of aromatic nitrogens is 3. The first-order chi connectivity index (χ1) is 11.4. The molecular formula is C16H17F3N4O. The number of hydrogen-bond donors (Lipinski definition) is 0. The quantitative estimate of drug-likeness (QED) is 0.860. The molecule has 1 aliphatic heterocycles. The molecule has 0 unspecified atom stereocenters. The molecular weight excluding hydrogens is 321 g/mol. The molecule has 0 saturated carbocycles. The molecule has 128 valence electrons. The molecule has 0 aliphatic carbocycles. The van der Waals surface area contributed by atoms with Crippen molar-refractivity contribution in [1.29, 1.82) is 0 Å². The Bertz CT molecular complexity index is 700. The Morgan fingerprint density at radius 2 is 1.96 bits per heavy atom. The first-order valence-corrected chi connectivity index (χ1v) is 7.65. The molecule has 3 rings (SSSR count). The van der Waals surface area contributed by atoms with Crippen molar-refractivity contribution < 1.29 is 17.9 Å². The summed E-state index contributed by atoms with van der Waals surface area (Å²) in [6.45, 7) is 3.00. The van der Waals surface area contributed by atoms with E-state index < -0.39 is 11.7 Å². The third-order valence-electron chi connectivity index (χ3n) is 3.86. The van der Waals surface area contributed by atoms with Crippen LogP contribution in [0.1, 0.15) is 24.1 Å². The summed E-state index contributed by atoms with van der Waals surface area (Å²) in [5.74, 6) is 0.823. The number of hydrogen-bond acceptors (Lipinski definition) is 5. The lowest BCUT2D eigenvalue weighted by Gasteiger charge is -2.32. The zero-order valence-electron chi connectivity index (χ0n) is 13.1. The smallest absolute Gasteiger partial charge is 0.416 e. The molecule has 0 spiro atoms. The second-order valence-corrected chi connectivity index (χ2v) is 5.70. The van der Waals surface area contributed by atoms with Gasteiger partial charge >= 0.3 is 6.18 Å². The lowest BCUT2D eigenvalue weighted by Crippen LogP contribution is -2.39. The van der Waals surface area contributed by atoms with E-state index in [1.807, 2.05) is 11.8 Å². The molecule has 8 heteroatoms. The Hall–Kier alpha value is -2.38. The lowest BCUT2D eigenvalue weighted by atomic mass is 10.1. The zero-order chi connectivity index (χ0) is 17.2. The van der Waals surface area contributed by atoms with Crippen molar-refractivity contribution in [3.63, 3.8) is 0 Å². The van der Waals surface area contributed by atoms with Gasteiger partial charge < -0.3 is 9.64 Å². The van der Waals surface area contributed by atoms with E-state index in [0.29, 0.717) is 37.6 Å². The van der Waals surface area contributed by atoms with E-state index in [2.05, 4.69) is 15.0 Å². The first-order valence-electron chi connectivity index (χ1n) is 7.65. The molecule has 0 amide bonds. The minimum Gasteiger partial charge on any atom is -0.473 e. The van der Waals surface area contributed by atoms with Gasteiger partial charge in [-0.3, -0.25) is 4.98 Å². The number of halogens is 3. The van der Waals surface area contributed by atoms with Gasteiger partial charge in [0.05, 0.1) is 17.5 Å². The van der Waals surface area contributed by atoms with E-state index in [-0.39, 0.29) is 6.10 Å². The van der Waals surface area contributed by atoms with Gasteiger partial charge in [0.25, 0.3) is 0 Å². The van der Waals surface area contributed by atoms with Crippen molar-refractivity contribution >= 4 is 5.82 Å². The van der Waals surface area contributed by atoms with Crippen LogP contribution in [0.3, 0.4) is 0 Å². The molecule has 1 aliphatic rings. The molecule has 1 saturated heterocycles. The summed E-state index contributed by atoms with van der Waals surface area (Å²) in [7, 11) is 0. The number of aryl methyl sites for hydroxylation is 1. The van der Waals surface area contributed by atoms with Crippen LogP contribution in [0.5, 0.6) is 5.88 Å². The largest absolute Gasteiger partial charge is 0.473 e. The fraction of sp³-hybridized carbons (Fsp3) is 0.438. The summed E-state index contributed by atoms with van der Waals surface area (Å²) in [5, 5.41) is 0. The minimum absolute atomic E-state index is 0.0249. The normalized spacial score (nSPS) is 16.2. The molecule has 5 nitrogen and oxygen atoms in total. The third-order valence-corrected chi connectivity index (χ3v) is 3.86. The van der Waals surface area contributed by atoms with Crippen molar-refractivity contribution in [2.24, 2.45) is 0 Å². The number of alkyl halides is 3. The minimum atomic E-state index is -4.36. The molecule has 2 aromatic heterocycles. The maximum Gasteiger partial charge on any atom is 0.416 e. The van der Waals surface area contributed by atoms with Crippen LogP contribution >= 0.6 is 0 Å². The van der Waals surface area contributed by atoms with E-state index in [4.69, 9.17) is 4.74 Å². The summed E-state index contributed by atoms with van der Waals surface area (Å²) in [5.41, 5.74) is 0.0963. The SMILES string of the molecule is Cc1cncc(OC2CCN(c3cc(C(F)(F)F)ccn3)CC2)n1. The molecule has 24 heavy (non-hydrogen) atoms. The number of anilines is 1. The average molecular weight is 338 g/mol. The van der Waals surface area contributed by atoms with E-state index in [0.717, 1.165) is 17.8 Å². The topological polar surface area (TPSA) is 51.1 Å². The Morgan fingerprint density at radius 1 is 1.21 bits per heavy atom. The van der Waals surface area contributed by atoms with Crippen molar-refractivity contribution in [3.05, 3.63) is 42.0 Å². The molecule has 0 bridgehead atoms. The van der Waals surface area contributed by atoms with Crippen molar-refractivity contribution in [3.8, 4) is 5.88 Å². The van der Waals surface area contributed by atoms with Gasteiger partial charge in [0.1, 0.15) is 11.9 Å². The van der Waals surface area contributed by atoms with Crippen LogP contribution in [-0.4, -0.2) is 34.1 Å². The highest BCUT2D eigenvalue weighted by atomic mass is 19.4. The van der Waals surface area contributed by atoms with Crippen LogP contribution < -0.4 is 9.64 Å². The second-order valence-electron chi connectivity index (χ2n) is 5.70. The molecule has 1 fully saturated rings. The summed E-state index contributed by atoms with van der Waals surface area (Å²) in [6.07, 6.45) is 1.40. The van der Waals surface area contributed by atoms with Gasteiger partial charge in [-0.25, -0.2) is 9.97 Å². The first kappa shape index (κ1) is 16.5. The van der Waals surface area contributed by atoms with Crippen molar-refractivity contribution in [1.82, 2.24) is 15.0 Å². The second kappa shape index (κ2) is 6.62. The molecule has 0 N–H and O–H groups in total. The van der Waals surface area contributed by atoms with Crippen molar-refractivity contribution in [2.75, 3.05) is 18.0 Å². The molecule has 0 atom stereocenters. The van der Waals surface area contributed by atoms with Gasteiger partial charge in [0.15, 0.2) is 0 Å². The maximum atomic E-state index is 12.8. The molecule has 0 aromatic carbocycles. The summed E-state index contributed by atoms with van der Waals surface area (Å²) in [4.78, 5) is 14.2. The Kier molecular flexibility index (Phi) is 4.55. The average Bonchev–Trinajstić information content (AvgIpc) is 2.55. The van der Waals surface area contributed by atoms with Crippen LogP contribution in [0, 0.1) is 6.92 Å². The van der Waals surface area contributed by atoms with Gasteiger partial charge in [0.2, 0.25) is 5.88 Å². The Balaban J connectivity index is 1.61. The highest BCUT2D eigenvalue weighted by Gasteiger charge is 2.31. The predicted molar refractivity (Wildman–Crippen MR) is 81.9 cm³/mol. The van der Waals surface area contributed by atoms with Crippen LogP contribution in [0.15, 0.2) is 30.7 Å². The van der Waals surface area contributed by atoms with E-state index >= 15 is 0 Å². The lowest BCUT2D eigenvalue weighted by molar-refractivity contribution is -0.137. The summed E-state index contributed by atoms with van der Waals surface area (Å²) < 4.78 is 44.2. The number of pyridine rings is 1. The van der Waals surface area contributed by atoms with Crippen LogP contribution in [-0.2, 0) is 6.18 Å². The number of nitrogens with zero attached hydrogens (tertiary/aromatic N) is 4. The summed E-state index contributed by atoms with van der Waals surface area (Å²) >= 11 is 0. The third kappa shape index (κ3) is 3.93. The van der Waals surface area contributed by atoms with E-state index in [9.17, 15) is 13.2 Å². The van der Waals surface area contributed by atoms with E-state index in [1.54, 1.807) is 12.4 Å². The van der Waals surface area contributed by atoms with Crippen LogP contribution in [0.25, 0.3) is 0 Å². The van der Waals surface area contributed by atoms with Crippen molar-refractivity contribution in [2.45, 2.75) is 32.0 Å². The van der Waals surface area contributed by atoms with Gasteiger partial charge in [-0.2, -0.15) is 13.2 Å². The Labute approximate surface area is 137 Å². The maximum absolute atomic E-state index is 12.8. The fourth-order valence-corrected chi connectivity index (χ4v) is 2.64. The van der Waals surface area contributed by atoms with Crippen LogP contribution in [0.4, 0.5) is 19.0 Å². The number of ether oxygens (including phenoxy) is 1. The zero-order valence-corrected chi connectivity index (χ0v) is 13.1. The predicted octanol–water partition coefficient (Wildman–Crippen LogP) is 3.25. The number of piperidine rings is 1. The highest BCUT2D eigenvalue weighted by Crippen LogP contribution is 2.31. The Morgan fingerprint density at radius 3 is 2.62 bits per heavy atom. The van der Waals surface area contributed by atoms with Gasteiger partial charge in [0, 0.05) is 38.3 Å². The van der Waals surface area contributed by atoms with E-state index in [1.165, 1.54) is 6.20 Å². The monoisotopic (exact) mass is 338 g/mol.